The molecule has 6 nitrogen and oxygen atoms in total. The van der Waals surface area contributed by atoms with Crippen LogP contribution in [0.1, 0.15) is 35.4 Å². The van der Waals surface area contributed by atoms with Crippen molar-refractivity contribution in [2.75, 3.05) is 18.4 Å². The van der Waals surface area contributed by atoms with Crippen molar-refractivity contribution in [3.8, 4) is 0 Å². The molecule has 0 atom stereocenters. The van der Waals surface area contributed by atoms with E-state index in [2.05, 4.69) is 15.5 Å². The van der Waals surface area contributed by atoms with E-state index >= 15 is 0 Å². The van der Waals surface area contributed by atoms with Gasteiger partial charge in [-0.3, -0.25) is 5.10 Å². The average molecular weight is 583 g/mol. The zero-order valence-electron chi connectivity index (χ0n) is 19.8. The zero-order valence-corrected chi connectivity index (χ0v) is 22.2. The number of sulfonamides is 1. The van der Waals surface area contributed by atoms with Crippen LogP contribution in [0.25, 0.3) is 10.9 Å². The van der Waals surface area contributed by atoms with E-state index in [4.69, 9.17) is 23.2 Å². The van der Waals surface area contributed by atoms with E-state index in [9.17, 15) is 21.6 Å². The van der Waals surface area contributed by atoms with Gasteiger partial charge in [0.1, 0.15) is 0 Å². The molecule has 1 saturated heterocycles. The lowest BCUT2D eigenvalue weighted by Gasteiger charge is -2.32. The molecule has 0 radical (unpaired) electrons. The standard InChI is InChI=1S/C26H23Cl2F3N4O2S/c27-19-6-1-16(2-7-19)24(17-3-8-20(28)9-4-17)18-5-10-23-22(15-18)25(34-33-23)32-21-11-13-35(14-12-21)38(36,37)26(29,30)31/h1-10,15,21,24H,11-14H2,(H2,32,33,34). The third-order valence-corrected chi connectivity index (χ3v) is 8.89. The molecule has 1 aliphatic heterocycles. The van der Waals surface area contributed by atoms with Crippen LogP contribution < -0.4 is 5.32 Å². The fourth-order valence-electron chi connectivity index (χ4n) is 4.79. The molecule has 0 unspecified atom stereocenters. The summed E-state index contributed by atoms with van der Waals surface area (Å²) in [7, 11) is -5.33. The van der Waals surface area contributed by atoms with Gasteiger partial charge in [0.05, 0.1) is 5.52 Å². The highest BCUT2D eigenvalue weighted by molar-refractivity contribution is 7.90. The summed E-state index contributed by atoms with van der Waals surface area (Å²) in [6.45, 7) is -0.440. The van der Waals surface area contributed by atoms with Gasteiger partial charge in [-0.15, -0.1) is 0 Å². The highest BCUT2D eigenvalue weighted by atomic mass is 35.5. The van der Waals surface area contributed by atoms with E-state index in [1.165, 1.54) is 0 Å². The van der Waals surface area contributed by atoms with Crippen molar-refractivity contribution in [2.24, 2.45) is 0 Å². The number of anilines is 1. The van der Waals surface area contributed by atoms with Crippen LogP contribution in [0.5, 0.6) is 0 Å². The van der Waals surface area contributed by atoms with Gasteiger partial charge in [0.25, 0.3) is 0 Å². The van der Waals surface area contributed by atoms with Crippen molar-refractivity contribution < 1.29 is 21.6 Å². The predicted octanol–water partition coefficient (Wildman–Crippen LogP) is 6.78. The fourth-order valence-corrected chi connectivity index (χ4v) is 6.03. The maximum Gasteiger partial charge on any atom is 0.511 e. The number of aromatic nitrogens is 2. The molecule has 3 aromatic carbocycles. The third-order valence-electron chi connectivity index (χ3n) is 6.75. The number of nitrogens with one attached hydrogen (secondary N) is 2. The number of aromatic amines is 1. The smallest absolute Gasteiger partial charge is 0.365 e. The molecule has 1 fully saturated rings. The second-order valence-electron chi connectivity index (χ2n) is 9.18. The van der Waals surface area contributed by atoms with Crippen LogP contribution in [-0.4, -0.2) is 47.6 Å². The third kappa shape index (κ3) is 5.36. The Balaban J connectivity index is 1.42. The number of nitrogens with zero attached hydrogens (tertiary/aromatic N) is 2. The maximum atomic E-state index is 12.9. The summed E-state index contributed by atoms with van der Waals surface area (Å²) >= 11 is 12.3. The molecular weight excluding hydrogens is 560 g/mol. The normalized spacial score (nSPS) is 15.8. The number of rotatable bonds is 6. The number of benzene rings is 3. The van der Waals surface area contributed by atoms with Crippen LogP contribution in [0.3, 0.4) is 0 Å². The van der Waals surface area contributed by atoms with Gasteiger partial charge in [-0.2, -0.15) is 22.6 Å². The second kappa shape index (κ2) is 10.4. The van der Waals surface area contributed by atoms with E-state index in [-0.39, 0.29) is 37.9 Å². The Labute approximate surface area is 227 Å². The molecule has 0 bridgehead atoms. The van der Waals surface area contributed by atoms with E-state index in [0.29, 0.717) is 20.2 Å². The molecule has 200 valence electrons. The van der Waals surface area contributed by atoms with E-state index in [1.54, 1.807) is 0 Å². The second-order valence-corrected chi connectivity index (χ2v) is 12.0. The molecule has 0 amide bonds. The van der Waals surface area contributed by atoms with Crippen molar-refractivity contribution >= 4 is 49.9 Å². The molecule has 2 N–H and O–H groups in total. The van der Waals surface area contributed by atoms with Gasteiger partial charge in [0.15, 0.2) is 5.82 Å². The van der Waals surface area contributed by atoms with Crippen molar-refractivity contribution in [1.29, 1.82) is 0 Å². The highest BCUT2D eigenvalue weighted by Crippen LogP contribution is 2.36. The van der Waals surface area contributed by atoms with Crippen molar-refractivity contribution in [1.82, 2.24) is 14.5 Å². The first-order chi connectivity index (χ1) is 18.0. The number of alkyl halides is 3. The Hall–Kier alpha value is -2.79. The van der Waals surface area contributed by atoms with Crippen LogP contribution >= 0.6 is 23.2 Å². The summed E-state index contributed by atoms with van der Waals surface area (Å²) in [6, 6.07) is 21.0. The number of halogens is 5. The van der Waals surface area contributed by atoms with E-state index < -0.39 is 15.5 Å². The molecule has 12 heteroatoms. The quantitative estimate of drug-likeness (QED) is 0.246. The fraction of sp³-hybridized carbons (Fsp3) is 0.269. The first-order valence-corrected chi connectivity index (χ1v) is 14.0. The molecular formula is C26H23Cl2F3N4O2S. The van der Waals surface area contributed by atoms with Crippen LogP contribution in [0.4, 0.5) is 19.0 Å². The molecule has 2 heterocycles. The molecule has 1 aromatic heterocycles. The largest absolute Gasteiger partial charge is 0.511 e. The number of fused-ring (bicyclic) bond motifs is 1. The topological polar surface area (TPSA) is 78.1 Å². The Morgan fingerprint density at radius 1 is 0.895 bits per heavy atom. The zero-order chi connectivity index (χ0) is 27.1. The Bertz CT molecular complexity index is 1490. The number of H-pyrrole nitrogens is 1. The molecule has 1 aliphatic rings. The monoisotopic (exact) mass is 582 g/mol. The first-order valence-electron chi connectivity index (χ1n) is 11.8. The van der Waals surface area contributed by atoms with Gasteiger partial charge in [0, 0.05) is 40.5 Å². The Morgan fingerprint density at radius 2 is 1.42 bits per heavy atom. The molecule has 5 rings (SSSR count). The van der Waals surface area contributed by atoms with Gasteiger partial charge in [-0.05, 0) is 65.9 Å². The molecule has 38 heavy (non-hydrogen) atoms. The lowest BCUT2D eigenvalue weighted by atomic mass is 9.85. The summed E-state index contributed by atoms with van der Waals surface area (Å²) in [6.07, 6.45) is 0.447. The Morgan fingerprint density at radius 3 is 1.95 bits per heavy atom. The van der Waals surface area contributed by atoms with Gasteiger partial charge in [-0.1, -0.05) is 53.5 Å². The molecule has 4 aromatic rings. The highest BCUT2D eigenvalue weighted by Gasteiger charge is 2.50. The van der Waals surface area contributed by atoms with E-state index in [1.807, 2.05) is 66.7 Å². The number of hydrogen-bond donors (Lipinski definition) is 2. The van der Waals surface area contributed by atoms with Crippen LogP contribution in [0, 0.1) is 0 Å². The molecule has 0 saturated carbocycles. The van der Waals surface area contributed by atoms with Crippen LogP contribution in [-0.2, 0) is 10.0 Å². The first kappa shape index (κ1) is 26.8. The Kier molecular flexibility index (Phi) is 7.34. The van der Waals surface area contributed by atoms with Crippen molar-refractivity contribution in [3.05, 3.63) is 93.5 Å². The van der Waals surface area contributed by atoms with Gasteiger partial charge in [0.2, 0.25) is 0 Å². The van der Waals surface area contributed by atoms with Gasteiger partial charge in [-0.25, -0.2) is 8.42 Å². The number of hydrogen-bond acceptors (Lipinski definition) is 4. The maximum absolute atomic E-state index is 12.9. The predicted molar refractivity (Wildman–Crippen MR) is 143 cm³/mol. The minimum atomic E-state index is -5.33. The molecule has 0 spiro atoms. The van der Waals surface area contributed by atoms with Crippen molar-refractivity contribution in [3.63, 3.8) is 0 Å². The average Bonchev–Trinajstić information content (AvgIpc) is 3.28. The number of piperidine rings is 1. The lowest BCUT2D eigenvalue weighted by molar-refractivity contribution is -0.0494. The SMILES string of the molecule is O=S(=O)(N1CCC(Nc2n[nH]c3ccc(C(c4ccc(Cl)cc4)c4ccc(Cl)cc4)cc23)CC1)C(F)(F)F. The van der Waals surface area contributed by atoms with Gasteiger partial charge >= 0.3 is 15.5 Å². The van der Waals surface area contributed by atoms with E-state index in [0.717, 1.165) is 27.6 Å². The van der Waals surface area contributed by atoms with Gasteiger partial charge < -0.3 is 5.32 Å². The summed E-state index contributed by atoms with van der Waals surface area (Å²) in [5.74, 6) is 0.442. The lowest BCUT2D eigenvalue weighted by Crippen LogP contribution is -2.47. The summed E-state index contributed by atoms with van der Waals surface area (Å²) in [5.41, 5.74) is -1.44. The summed E-state index contributed by atoms with van der Waals surface area (Å²) in [4.78, 5) is 0. The molecule has 0 aliphatic carbocycles. The summed E-state index contributed by atoms with van der Waals surface area (Å²) < 4.78 is 62.7. The summed E-state index contributed by atoms with van der Waals surface area (Å²) in [5, 5.41) is 12.8. The van der Waals surface area contributed by atoms with Crippen LogP contribution in [0.2, 0.25) is 10.0 Å². The minimum Gasteiger partial charge on any atom is -0.365 e. The minimum absolute atomic E-state index is 0.118. The van der Waals surface area contributed by atoms with Crippen molar-refractivity contribution in [2.45, 2.75) is 30.3 Å². The van der Waals surface area contributed by atoms with Crippen LogP contribution in [0.15, 0.2) is 66.7 Å².